The standard InChI is InChI=1S/C23H28ClN3O4S/c1-2-13-25-23(29)20-5-3-4-6-21(20)26-22(28)18-11-14-27(15-12-18)32(30,31)16-17-7-9-19(24)10-8-17/h3-10,18H,2,11-16H2,1H3,(H,25,29)(H,26,28). The van der Waals surface area contributed by atoms with Crippen LogP contribution in [0.2, 0.25) is 5.02 Å². The van der Waals surface area contributed by atoms with E-state index in [-0.39, 0.29) is 36.6 Å². The molecule has 0 bridgehead atoms. The Kier molecular flexibility index (Phi) is 8.28. The van der Waals surface area contributed by atoms with Crippen molar-refractivity contribution in [3.63, 3.8) is 0 Å². The molecule has 172 valence electrons. The second kappa shape index (κ2) is 10.9. The summed E-state index contributed by atoms with van der Waals surface area (Å²) in [6, 6.07) is 13.6. The number of anilines is 1. The molecule has 1 heterocycles. The molecule has 2 aromatic carbocycles. The number of nitrogens with one attached hydrogen (secondary N) is 2. The van der Waals surface area contributed by atoms with Gasteiger partial charge in [0.15, 0.2) is 0 Å². The fourth-order valence-corrected chi connectivity index (χ4v) is 5.33. The maximum Gasteiger partial charge on any atom is 0.253 e. The number of halogens is 1. The molecule has 1 aliphatic heterocycles. The van der Waals surface area contributed by atoms with Gasteiger partial charge in [-0.05, 0) is 49.1 Å². The molecular formula is C23H28ClN3O4S. The van der Waals surface area contributed by atoms with Crippen molar-refractivity contribution in [3.8, 4) is 0 Å². The molecule has 0 spiro atoms. The number of para-hydroxylation sites is 1. The third kappa shape index (κ3) is 6.31. The lowest BCUT2D eigenvalue weighted by atomic mass is 9.97. The van der Waals surface area contributed by atoms with E-state index in [0.717, 1.165) is 6.42 Å². The van der Waals surface area contributed by atoms with Crippen LogP contribution in [0.25, 0.3) is 0 Å². The van der Waals surface area contributed by atoms with Crippen LogP contribution in [0, 0.1) is 5.92 Å². The topological polar surface area (TPSA) is 95.6 Å². The molecule has 7 nitrogen and oxygen atoms in total. The molecule has 0 aliphatic carbocycles. The van der Waals surface area contributed by atoms with Crippen molar-refractivity contribution in [3.05, 3.63) is 64.7 Å². The van der Waals surface area contributed by atoms with Gasteiger partial charge in [0.05, 0.1) is 17.0 Å². The first-order valence-electron chi connectivity index (χ1n) is 10.7. The van der Waals surface area contributed by atoms with Gasteiger partial charge in [0.25, 0.3) is 5.91 Å². The summed E-state index contributed by atoms with van der Waals surface area (Å²) in [5.41, 5.74) is 1.55. The van der Waals surface area contributed by atoms with Crippen LogP contribution in [-0.4, -0.2) is 44.2 Å². The fourth-order valence-electron chi connectivity index (χ4n) is 3.64. The number of piperidine rings is 1. The van der Waals surface area contributed by atoms with Crippen LogP contribution < -0.4 is 10.6 Å². The number of hydrogen-bond acceptors (Lipinski definition) is 4. The van der Waals surface area contributed by atoms with Crippen LogP contribution >= 0.6 is 11.6 Å². The first-order chi connectivity index (χ1) is 15.3. The van der Waals surface area contributed by atoms with Gasteiger partial charge in [0.2, 0.25) is 15.9 Å². The predicted molar refractivity (Wildman–Crippen MR) is 126 cm³/mol. The van der Waals surface area contributed by atoms with Gasteiger partial charge in [0, 0.05) is 30.6 Å². The summed E-state index contributed by atoms with van der Waals surface area (Å²) in [5, 5.41) is 6.23. The first kappa shape index (κ1) is 24.2. The Morgan fingerprint density at radius 2 is 1.72 bits per heavy atom. The monoisotopic (exact) mass is 477 g/mol. The number of sulfonamides is 1. The van der Waals surface area contributed by atoms with E-state index in [1.807, 2.05) is 6.92 Å². The number of rotatable bonds is 8. The summed E-state index contributed by atoms with van der Waals surface area (Å²) in [6.07, 6.45) is 1.67. The van der Waals surface area contributed by atoms with E-state index in [1.165, 1.54) is 4.31 Å². The van der Waals surface area contributed by atoms with Crippen molar-refractivity contribution in [1.29, 1.82) is 0 Å². The largest absolute Gasteiger partial charge is 0.352 e. The van der Waals surface area contributed by atoms with E-state index < -0.39 is 10.0 Å². The highest BCUT2D eigenvalue weighted by Gasteiger charge is 2.31. The Bertz CT molecular complexity index is 1050. The van der Waals surface area contributed by atoms with Crippen molar-refractivity contribution in [2.45, 2.75) is 31.9 Å². The van der Waals surface area contributed by atoms with Gasteiger partial charge in [-0.1, -0.05) is 42.8 Å². The Labute approximate surface area is 194 Å². The van der Waals surface area contributed by atoms with E-state index in [1.54, 1.807) is 48.5 Å². The smallest absolute Gasteiger partial charge is 0.253 e. The Hall–Kier alpha value is -2.42. The second-order valence-corrected chi connectivity index (χ2v) is 10.3. The van der Waals surface area contributed by atoms with Gasteiger partial charge < -0.3 is 10.6 Å². The number of nitrogens with zero attached hydrogens (tertiary/aromatic N) is 1. The van der Waals surface area contributed by atoms with E-state index in [0.29, 0.717) is 41.2 Å². The van der Waals surface area contributed by atoms with Crippen molar-refractivity contribution >= 4 is 39.1 Å². The lowest BCUT2D eigenvalue weighted by Crippen LogP contribution is -2.42. The van der Waals surface area contributed by atoms with Gasteiger partial charge in [0.1, 0.15) is 0 Å². The highest BCUT2D eigenvalue weighted by Crippen LogP contribution is 2.24. The minimum absolute atomic E-state index is 0.0960. The molecule has 2 amide bonds. The molecule has 2 N–H and O–H groups in total. The average Bonchev–Trinajstić information content (AvgIpc) is 2.79. The average molecular weight is 478 g/mol. The summed E-state index contributed by atoms with van der Waals surface area (Å²) in [4.78, 5) is 25.2. The summed E-state index contributed by atoms with van der Waals surface area (Å²) >= 11 is 5.86. The maximum atomic E-state index is 12.8. The molecule has 32 heavy (non-hydrogen) atoms. The zero-order valence-corrected chi connectivity index (χ0v) is 19.6. The van der Waals surface area contributed by atoms with Crippen LogP contribution in [0.3, 0.4) is 0 Å². The highest BCUT2D eigenvalue weighted by molar-refractivity contribution is 7.88. The summed E-state index contributed by atoms with van der Waals surface area (Å²) in [6.45, 7) is 3.10. The van der Waals surface area contributed by atoms with Crippen LogP contribution in [0.5, 0.6) is 0 Å². The molecule has 1 aliphatic rings. The van der Waals surface area contributed by atoms with Crippen molar-refractivity contribution < 1.29 is 18.0 Å². The zero-order chi connectivity index (χ0) is 23.1. The molecule has 0 unspecified atom stereocenters. The first-order valence-corrected chi connectivity index (χ1v) is 12.7. The van der Waals surface area contributed by atoms with Crippen LogP contribution in [0.1, 0.15) is 42.1 Å². The molecule has 2 aromatic rings. The second-order valence-electron chi connectivity index (χ2n) is 7.85. The molecule has 3 rings (SSSR count). The highest BCUT2D eigenvalue weighted by atomic mass is 35.5. The molecule has 1 saturated heterocycles. The summed E-state index contributed by atoms with van der Waals surface area (Å²) < 4.78 is 27.0. The van der Waals surface area contributed by atoms with Gasteiger partial charge >= 0.3 is 0 Å². The number of carbonyl (C=O) groups is 2. The normalized spacial score (nSPS) is 15.3. The number of benzene rings is 2. The van der Waals surface area contributed by atoms with Gasteiger partial charge in [-0.3, -0.25) is 9.59 Å². The molecule has 9 heteroatoms. The van der Waals surface area contributed by atoms with Crippen molar-refractivity contribution in [1.82, 2.24) is 9.62 Å². The molecule has 0 atom stereocenters. The summed E-state index contributed by atoms with van der Waals surface area (Å²) in [7, 11) is -3.48. The number of hydrogen-bond donors (Lipinski definition) is 2. The van der Waals surface area contributed by atoms with E-state index in [9.17, 15) is 18.0 Å². The minimum atomic E-state index is -3.48. The minimum Gasteiger partial charge on any atom is -0.352 e. The number of carbonyl (C=O) groups excluding carboxylic acids is 2. The van der Waals surface area contributed by atoms with Gasteiger partial charge in [-0.25, -0.2) is 12.7 Å². The lowest BCUT2D eigenvalue weighted by molar-refractivity contribution is -0.120. The van der Waals surface area contributed by atoms with Gasteiger partial charge in [-0.2, -0.15) is 0 Å². The lowest BCUT2D eigenvalue weighted by Gasteiger charge is -2.30. The summed E-state index contributed by atoms with van der Waals surface area (Å²) in [5.74, 6) is -0.841. The molecule has 1 fully saturated rings. The van der Waals surface area contributed by atoms with Crippen LogP contribution in [0.15, 0.2) is 48.5 Å². The third-order valence-electron chi connectivity index (χ3n) is 5.45. The van der Waals surface area contributed by atoms with E-state index >= 15 is 0 Å². The van der Waals surface area contributed by atoms with Crippen molar-refractivity contribution in [2.75, 3.05) is 25.0 Å². The zero-order valence-electron chi connectivity index (χ0n) is 18.0. The maximum absolute atomic E-state index is 12.8. The Morgan fingerprint density at radius 3 is 2.38 bits per heavy atom. The molecule has 0 aromatic heterocycles. The van der Waals surface area contributed by atoms with Crippen LogP contribution in [-0.2, 0) is 20.6 Å². The Morgan fingerprint density at radius 1 is 1.06 bits per heavy atom. The molecule has 0 saturated carbocycles. The fraction of sp³-hybridized carbons (Fsp3) is 0.391. The van der Waals surface area contributed by atoms with E-state index in [4.69, 9.17) is 11.6 Å². The van der Waals surface area contributed by atoms with E-state index in [2.05, 4.69) is 10.6 Å². The molecular weight excluding hydrogens is 450 g/mol. The number of amides is 2. The van der Waals surface area contributed by atoms with Crippen molar-refractivity contribution in [2.24, 2.45) is 5.92 Å². The Balaban J connectivity index is 1.58. The van der Waals surface area contributed by atoms with Crippen LogP contribution in [0.4, 0.5) is 5.69 Å². The quantitative estimate of drug-likeness (QED) is 0.606. The van der Waals surface area contributed by atoms with Gasteiger partial charge in [-0.15, -0.1) is 0 Å². The SMILES string of the molecule is CCCNC(=O)c1ccccc1NC(=O)C1CCN(S(=O)(=O)Cc2ccc(Cl)cc2)CC1. The molecule has 0 radical (unpaired) electrons. The predicted octanol–water partition coefficient (Wildman–Crippen LogP) is 3.66. The third-order valence-corrected chi connectivity index (χ3v) is 7.55.